The summed E-state index contributed by atoms with van der Waals surface area (Å²) in [5, 5.41) is 6.32. The molecule has 2 unspecified atom stereocenters. The minimum Gasteiger partial charge on any atom is -0.373 e. The van der Waals surface area contributed by atoms with Crippen LogP contribution in [0.15, 0.2) is 4.99 Å². The molecule has 0 radical (unpaired) electrons. The Balaban J connectivity index is 0.00000392. The van der Waals surface area contributed by atoms with E-state index in [0.717, 1.165) is 51.5 Å². The van der Waals surface area contributed by atoms with Gasteiger partial charge >= 0.3 is 0 Å². The largest absolute Gasteiger partial charge is 0.373 e. The molecule has 7 nitrogen and oxygen atoms in total. The highest BCUT2D eigenvalue weighted by Gasteiger charge is 2.33. The molecule has 2 saturated heterocycles. The monoisotopic (exact) mass is 509 g/mol. The highest BCUT2D eigenvalue weighted by molar-refractivity contribution is 14.0. The lowest BCUT2D eigenvalue weighted by Gasteiger charge is -2.45. The zero-order chi connectivity index (χ0) is 20.0. The molecule has 164 valence electrons. The first-order valence-corrected chi connectivity index (χ1v) is 10.3. The molecule has 28 heavy (non-hydrogen) atoms. The molecule has 2 rings (SSSR count). The SMILES string of the molecule is CN=C(NCC(C)(C)N1CC(C)OC(C)C1)N1CCC(CC(=O)NC)CC1.I. The Morgan fingerprint density at radius 3 is 2.25 bits per heavy atom. The molecule has 2 aliphatic heterocycles. The number of rotatable bonds is 5. The van der Waals surface area contributed by atoms with Crippen LogP contribution >= 0.6 is 24.0 Å². The van der Waals surface area contributed by atoms with E-state index < -0.39 is 0 Å². The maximum Gasteiger partial charge on any atom is 0.220 e. The Labute approximate surface area is 188 Å². The van der Waals surface area contributed by atoms with Gasteiger partial charge in [-0.2, -0.15) is 0 Å². The molecule has 0 spiro atoms. The van der Waals surface area contributed by atoms with Crippen molar-refractivity contribution in [3.63, 3.8) is 0 Å². The fourth-order valence-corrected chi connectivity index (χ4v) is 4.12. The number of aliphatic imine (C=N–C) groups is 1. The van der Waals surface area contributed by atoms with Crippen molar-refractivity contribution in [3.8, 4) is 0 Å². The maximum atomic E-state index is 11.6. The summed E-state index contributed by atoms with van der Waals surface area (Å²) in [6, 6.07) is 0. The van der Waals surface area contributed by atoms with Crippen LogP contribution < -0.4 is 10.6 Å². The summed E-state index contributed by atoms with van der Waals surface area (Å²) in [5.74, 6) is 1.59. The molecule has 2 heterocycles. The first-order chi connectivity index (χ1) is 12.7. The fraction of sp³-hybridized carbons (Fsp3) is 0.900. The van der Waals surface area contributed by atoms with Crippen LogP contribution in [0.25, 0.3) is 0 Å². The van der Waals surface area contributed by atoms with Crippen LogP contribution in [-0.4, -0.2) is 86.2 Å². The Bertz CT molecular complexity index is 511. The molecule has 0 bridgehead atoms. The zero-order valence-electron chi connectivity index (χ0n) is 18.5. The quantitative estimate of drug-likeness (QED) is 0.337. The van der Waals surface area contributed by atoms with Gasteiger partial charge in [0.2, 0.25) is 5.91 Å². The summed E-state index contributed by atoms with van der Waals surface area (Å²) in [4.78, 5) is 20.9. The van der Waals surface area contributed by atoms with Crippen LogP contribution in [0.4, 0.5) is 0 Å². The van der Waals surface area contributed by atoms with Gasteiger partial charge in [-0.1, -0.05) is 0 Å². The number of guanidine groups is 1. The summed E-state index contributed by atoms with van der Waals surface area (Å²) in [5.41, 5.74) is 0.0276. The van der Waals surface area contributed by atoms with E-state index in [1.807, 2.05) is 7.05 Å². The Hall–Kier alpha value is -0.610. The van der Waals surface area contributed by atoms with Crippen LogP contribution in [0.2, 0.25) is 0 Å². The number of carbonyl (C=O) groups excluding carboxylic acids is 1. The number of ether oxygens (including phenoxy) is 1. The van der Waals surface area contributed by atoms with E-state index in [2.05, 4.69) is 53.1 Å². The molecular formula is C20H40IN5O2. The lowest BCUT2D eigenvalue weighted by atomic mass is 9.93. The van der Waals surface area contributed by atoms with Crippen molar-refractivity contribution in [2.75, 3.05) is 46.8 Å². The van der Waals surface area contributed by atoms with Crippen LogP contribution in [-0.2, 0) is 9.53 Å². The van der Waals surface area contributed by atoms with Gasteiger partial charge in [0, 0.05) is 58.8 Å². The molecule has 2 fully saturated rings. The highest BCUT2D eigenvalue weighted by Crippen LogP contribution is 2.22. The molecule has 2 aliphatic rings. The van der Waals surface area contributed by atoms with Crippen molar-refractivity contribution in [2.45, 2.75) is 64.7 Å². The molecular weight excluding hydrogens is 469 g/mol. The number of hydrogen-bond donors (Lipinski definition) is 2. The normalized spacial score (nSPS) is 25.2. The van der Waals surface area contributed by atoms with Gasteiger partial charge in [0.1, 0.15) is 0 Å². The molecule has 1 amide bonds. The second-order valence-corrected chi connectivity index (χ2v) is 8.68. The lowest BCUT2D eigenvalue weighted by molar-refractivity contribution is -0.121. The van der Waals surface area contributed by atoms with Crippen molar-refractivity contribution >= 4 is 35.8 Å². The smallest absolute Gasteiger partial charge is 0.220 e. The van der Waals surface area contributed by atoms with E-state index in [1.54, 1.807) is 7.05 Å². The van der Waals surface area contributed by atoms with Crippen LogP contribution in [0, 0.1) is 5.92 Å². The molecule has 8 heteroatoms. The van der Waals surface area contributed by atoms with Crippen LogP contribution in [0.1, 0.15) is 47.0 Å². The van der Waals surface area contributed by atoms with Gasteiger partial charge < -0.3 is 20.3 Å². The first kappa shape index (κ1) is 25.4. The number of hydrogen-bond acceptors (Lipinski definition) is 4. The second-order valence-electron chi connectivity index (χ2n) is 8.68. The predicted molar refractivity (Wildman–Crippen MR) is 125 cm³/mol. The third-order valence-electron chi connectivity index (χ3n) is 5.83. The number of likely N-dealkylation sites (tertiary alicyclic amines) is 1. The van der Waals surface area contributed by atoms with Crippen LogP contribution in [0.5, 0.6) is 0 Å². The van der Waals surface area contributed by atoms with Gasteiger partial charge in [0.15, 0.2) is 5.96 Å². The van der Waals surface area contributed by atoms with Crippen molar-refractivity contribution in [3.05, 3.63) is 0 Å². The maximum absolute atomic E-state index is 11.6. The number of halogens is 1. The summed E-state index contributed by atoms with van der Waals surface area (Å²) in [6.07, 6.45) is 3.25. The number of piperidine rings is 1. The Morgan fingerprint density at radius 1 is 1.18 bits per heavy atom. The van der Waals surface area contributed by atoms with Crippen molar-refractivity contribution in [2.24, 2.45) is 10.9 Å². The minimum absolute atomic E-state index is 0. The Morgan fingerprint density at radius 2 is 1.75 bits per heavy atom. The van der Waals surface area contributed by atoms with Crippen molar-refractivity contribution in [1.29, 1.82) is 0 Å². The molecule has 0 aromatic carbocycles. The average Bonchev–Trinajstić information content (AvgIpc) is 2.62. The average molecular weight is 509 g/mol. The van der Waals surface area contributed by atoms with E-state index in [1.165, 1.54) is 0 Å². The topological polar surface area (TPSA) is 69.2 Å². The van der Waals surface area contributed by atoms with E-state index in [-0.39, 0.29) is 47.6 Å². The summed E-state index contributed by atoms with van der Waals surface area (Å²) >= 11 is 0. The molecule has 0 saturated carbocycles. The molecule has 0 aromatic rings. The second kappa shape index (κ2) is 11.5. The summed E-state index contributed by atoms with van der Waals surface area (Å²) in [7, 11) is 3.56. The van der Waals surface area contributed by atoms with Gasteiger partial charge in [0.05, 0.1) is 12.2 Å². The van der Waals surface area contributed by atoms with Gasteiger partial charge in [-0.3, -0.25) is 14.7 Å². The first-order valence-electron chi connectivity index (χ1n) is 10.3. The predicted octanol–water partition coefficient (Wildman–Crippen LogP) is 1.92. The van der Waals surface area contributed by atoms with Gasteiger partial charge in [-0.15, -0.1) is 24.0 Å². The number of nitrogens with one attached hydrogen (secondary N) is 2. The minimum atomic E-state index is 0. The van der Waals surface area contributed by atoms with E-state index >= 15 is 0 Å². The van der Waals surface area contributed by atoms with Crippen molar-refractivity contribution < 1.29 is 9.53 Å². The molecule has 2 atom stereocenters. The van der Waals surface area contributed by atoms with Crippen LogP contribution in [0.3, 0.4) is 0 Å². The molecule has 0 aliphatic carbocycles. The number of amides is 1. The number of carbonyl (C=O) groups is 1. The van der Waals surface area contributed by atoms with Crippen molar-refractivity contribution in [1.82, 2.24) is 20.4 Å². The van der Waals surface area contributed by atoms with Gasteiger partial charge in [-0.25, -0.2) is 0 Å². The van der Waals surface area contributed by atoms with Gasteiger partial charge in [0.25, 0.3) is 0 Å². The van der Waals surface area contributed by atoms with Gasteiger partial charge in [-0.05, 0) is 46.5 Å². The van der Waals surface area contributed by atoms with E-state index in [9.17, 15) is 4.79 Å². The van der Waals surface area contributed by atoms with E-state index in [0.29, 0.717) is 12.3 Å². The summed E-state index contributed by atoms with van der Waals surface area (Å²) in [6.45, 7) is 13.5. The zero-order valence-corrected chi connectivity index (χ0v) is 20.8. The lowest BCUT2D eigenvalue weighted by Crippen LogP contribution is -2.59. The molecule has 2 N–H and O–H groups in total. The third-order valence-corrected chi connectivity index (χ3v) is 5.83. The van der Waals surface area contributed by atoms with E-state index in [4.69, 9.17) is 4.74 Å². The fourth-order valence-electron chi connectivity index (χ4n) is 4.12. The summed E-state index contributed by atoms with van der Waals surface area (Å²) < 4.78 is 5.88. The highest BCUT2D eigenvalue weighted by atomic mass is 127. The number of morpholine rings is 1. The third kappa shape index (κ3) is 7.33. The molecule has 0 aromatic heterocycles. The Kier molecular flexibility index (Phi) is 10.5. The number of nitrogens with zero attached hydrogens (tertiary/aromatic N) is 3. The standard InChI is InChI=1S/C20H39N5O2.HI/c1-15-12-25(13-16(2)27-15)20(3,4)14-23-19(22-6)24-9-7-17(8-10-24)11-18(26)21-5;/h15-17H,7-14H2,1-6H3,(H,21,26)(H,22,23);1H.